The molecule has 25 heavy (non-hydrogen) atoms. The molecule has 0 aliphatic carbocycles. The third-order valence-corrected chi connectivity index (χ3v) is 3.57. The summed E-state index contributed by atoms with van der Waals surface area (Å²) in [6.45, 7) is 0. The van der Waals surface area contributed by atoms with Crippen LogP contribution < -0.4 is 5.32 Å². The number of aliphatic carboxylic acids is 1. The summed E-state index contributed by atoms with van der Waals surface area (Å²) in [5, 5.41) is 12.6. The van der Waals surface area contributed by atoms with Gasteiger partial charge in [-0.1, -0.05) is 24.3 Å². The first-order valence-electron chi connectivity index (χ1n) is 7.38. The standard InChI is InChI=1S/C18H13F3N2O2/c19-18(20,21)11-4-3-5-12(8-11)22-16-9-13(10-17(24)25)23-15-7-2-1-6-14(15)16/h1-9H,10H2,(H,22,23)(H,24,25). The monoisotopic (exact) mass is 346 g/mol. The van der Waals surface area contributed by atoms with E-state index in [1.165, 1.54) is 18.2 Å². The number of anilines is 2. The van der Waals surface area contributed by atoms with Crippen LogP contribution in [0.2, 0.25) is 0 Å². The number of carboxylic acid groups (broad SMARTS) is 1. The number of fused-ring (bicyclic) bond motifs is 1. The minimum atomic E-state index is -4.44. The molecule has 0 atom stereocenters. The molecule has 0 amide bonds. The number of carbonyl (C=O) groups is 1. The van der Waals surface area contributed by atoms with E-state index in [0.717, 1.165) is 12.1 Å². The Hall–Kier alpha value is -3.09. The highest BCUT2D eigenvalue weighted by atomic mass is 19.4. The lowest BCUT2D eigenvalue weighted by Crippen LogP contribution is -2.06. The number of rotatable bonds is 4. The number of nitrogens with zero attached hydrogens (tertiary/aromatic N) is 1. The van der Waals surface area contributed by atoms with Gasteiger partial charge in [0, 0.05) is 16.8 Å². The lowest BCUT2D eigenvalue weighted by molar-refractivity contribution is -0.138. The van der Waals surface area contributed by atoms with E-state index in [-0.39, 0.29) is 12.1 Å². The van der Waals surface area contributed by atoms with Gasteiger partial charge in [0.2, 0.25) is 0 Å². The first kappa shape index (κ1) is 16.8. The van der Waals surface area contributed by atoms with Crippen molar-refractivity contribution in [3.05, 3.63) is 65.9 Å². The number of aromatic nitrogens is 1. The number of halogens is 3. The van der Waals surface area contributed by atoms with Gasteiger partial charge in [-0.15, -0.1) is 0 Å². The van der Waals surface area contributed by atoms with E-state index >= 15 is 0 Å². The van der Waals surface area contributed by atoms with Crippen LogP contribution in [-0.4, -0.2) is 16.1 Å². The average molecular weight is 346 g/mol. The summed E-state index contributed by atoms with van der Waals surface area (Å²) in [5.74, 6) is -1.03. The summed E-state index contributed by atoms with van der Waals surface area (Å²) >= 11 is 0. The Balaban J connectivity index is 2.04. The Bertz CT molecular complexity index is 939. The van der Waals surface area contributed by atoms with Crippen molar-refractivity contribution in [1.82, 2.24) is 4.98 Å². The third-order valence-electron chi connectivity index (χ3n) is 3.57. The second-order valence-electron chi connectivity index (χ2n) is 5.45. The minimum Gasteiger partial charge on any atom is -0.481 e. The molecule has 0 aliphatic rings. The fraction of sp³-hybridized carbons (Fsp3) is 0.111. The number of pyridine rings is 1. The summed E-state index contributed by atoms with van der Waals surface area (Å²) in [6, 6.07) is 13.4. The van der Waals surface area contributed by atoms with Gasteiger partial charge in [0.25, 0.3) is 0 Å². The van der Waals surface area contributed by atoms with Crippen molar-refractivity contribution in [2.45, 2.75) is 12.6 Å². The van der Waals surface area contributed by atoms with Crippen LogP contribution in [0.4, 0.5) is 24.5 Å². The SMILES string of the molecule is O=C(O)Cc1cc(Nc2cccc(C(F)(F)F)c2)c2ccccc2n1. The molecular formula is C18H13F3N2O2. The van der Waals surface area contributed by atoms with Crippen molar-refractivity contribution in [2.75, 3.05) is 5.32 Å². The summed E-state index contributed by atoms with van der Waals surface area (Å²) in [5.41, 5.74) is 0.881. The van der Waals surface area contributed by atoms with Crippen LogP contribution in [0, 0.1) is 0 Å². The van der Waals surface area contributed by atoms with Crippen LogP contribution in [0.3, 0.4) is 0 Å². The molecule has 128 valence electrons. The molecule has 1 heterocycles. The zero-order valence-corrected chi connectivity index (χ0v) is 12.8. The summed E-state index contributed by atoms with van der Waals surface area (Å²) < 4.78 is 38.6. The number of hydrogen-bond acceptors (Lipinski definition) is 3. The predicted octanol–water partition coefficient (Wildman–Crippen LogP) is 4.62. The van der Waals surface area contributed by atoms with E-state index in [1.54, 1.807) is 24.3 Å². The fourth-order valence-electron chi connectivity index (χ4n) is 2.51. The van der Waals surface area contributed by atoms with Gasteiger partial charge in [0.05, 0.1) is 23.2 Å². The lowest BCUT2D eigenvalue weighted by Gasteiger charge is -2.13. The number of para-hydroxylation sites is 1. The predicted molar refractivity (Wildman–Crippen MR) is 87.8 cm³/mol. The topological polar surface area (TPSA) is 62.2 Å². The average Bonchev–Trinajstić information content (AvgIpc) is 2.54. The molecule has 1 aromatic heterocycles. The van der Waals surface area contributed by atoms with E-state index in [9.17, 15) is 18.0 Å². The van der Waals surface area contributed by atoms with Gasteiger partial charge < -0.3 is 10.4 Å². The fourth-order valence-corrected chi connectivity index (χ4v) is 2.51. The van der Waals surface area contributed by atoms with Gasteiger partial charge in [0.1, 0.15) is 0 Å². The molecule has 3 rings (SSSR count). The second kappa shape index (κ2) is 6.43. The van der Waals surface area contributed by atoms with Crippen molar-refractivity contribution in [3.63, 3.8) is 0 Å². The van der Waals surface area contributed by atoms with E-state index in [2.05, 4.69) is 10.3 Å². The lowest BCUT2D eigenvalue weighted by atomic mass is 10.1. The van der Waals surface area contributed by atoms with E-state index in [4.69, 9.17) is 5.11 Å². The van der Waals surface area contributed by atoms with Crippen molar-refractivity contribution >= 4 is 28.2 Å². The Morgan fingerprint density at radius 2 is 1.84 bits per heavy atom. The quantitative estimate of drug-likeness (QED) is 0.723. The molecule has 3 aromatic rings. The summed E-state index contributed by atoms with van der Waals surface area (Å²) in [7, 11) is 0. The summed E-state index contributed by atoms with van der Waals surface area (Å²) in [4.78, 5) is 15.2. The zero-order valence-electron chi connectivity index (χ0n) is 12.8. The van der Waals surface area contributed by atoms with Crippen LogP contribution in [0.15, 0.2) is 54.6 Å². The van der Waals surface area contributed by atoms with Crippen LogP contribution in [0.1, 0.15) is 11.3 Å². The van der Waals surface area contributed by atoms with E-state index in [1.807, 2.05) is 0 Å². The zero-order chi connectivity index (χ0) is 18.0. The van der Waals surface area contributed by atoms with Gasteiger partial charge >= 0.3 is 12.1 Å². The normalized spacial score (nSPS) is 11.5. The largest absolute Gasteiger partial charge is 0.481 e. The molecular weight excluding hydrogens is 333 g/mol. The smallest absolute Gasteiger partial charge is 0.416 e. The molecule has 0 radical (unpaired) electrons. The summed E-state index contributed by atoms with van der Waals surface area (Å²) in [6.07, 6.45) is -4.71. The molecule has 0 fully saturated rings. The third kappa shape index (κ3) is 3.88. The van der Waals surface area contributed by atoms with Gasteiger partial charge in [-0.3, -0.25) is 9.78 Å². The van der Waals surface area contributed by atoms with Crippen LogP contribution in [0.25, 0.3) is 10.9 Å². The molecule has 0 bridgehead atoms. The Morgan fingerprint density at radius 3 is 2.56 bits per heavy atom. The van der Waals surface area contributed by atoms with Gasteiger partial charge in [-0.2, -0.15) is 13.2 Å². The molecule has 4 nitrogen and oxygen atoms in total. The van der Waals surface area contributed by atoms with Gasteiger partial charge in [0.15, 0.2) is 0 Å². The Kier molecular flexibility index (Phi) is 4.31. The number of carboxylic acids is 1. The molecule has 2 aromatic carbocycles. The van der Waals surface area contributed by atoms with Gasteiger partial charge in [-0.25, -0.2) is 0 Å². The minimum absolute atomic E-state index is 0.257. The molecule has 0 unspecified atom stereocenters. The van der Waals surface area contributed by atoms with Gasteiger partial charge in [-0.05, 0) is 30.3 Å². The molecule has 0 saturated carbocycles. The van der Waals surface area contributed by atoms with Crippen molar-refractivity contribution in [2.24, 2.45) is 0 Å². The molecule has 0 spiro atoms. The highest BCUT2D eigenvalue weighted by Gasteiger charge is 2.30. The highest BCUT2D eigenvalue weighted by Crippen LogP contribution is 2.32. The van der Waals surface area contributed by atoms with Crippen molar-refractivity contribution in [1.29, 1.82) is 0 Å². The number of benzene rings is 2. The first-order valence-corrected chi connectivity index (χ1v) is 7.38. The molecule has 2 N–H and O–H groups in total. The second-order valence-corrected chi connectivity index (χ2v) is 5.45. The van der Waals surface area contributed by atoms with Crippen molar-refractivity contribution in [3.8, 4) is 0 Å². The van der Waals surface area contributed by atoms with Crippen LogP contribution >= 0.6 is 0 Å². The maximum Gasteiger partial charge on any atom is 0.416 e. The van der Waals surface area contributed by atoms with E-state index < -0.39 is 17.7 Å². The molecule has 0 aliphatic heterocycles. The Labute approximate surface area is 140 Å². The van der Waals surface area contributed by atoms with Crippen LogP contribution in [0.5, 0.6) is 0 Å². The maximum atomic E-state index is 12.9. The number of nitrogens with one attached hydrogen (secondary N) is 1. The highest BCUT2D eigenvalue weighted by molar-refractivity contribution is 5.93. The Morgan fingerprint density at radius 1 is 1.08 bits per heavy atom. The number of hydrogen-bond donors (Lipinski definition) is 2. The van der Waals surface area contributed by atoms with E-state index in [0.29, 0.717) is 22.3 Å². The first-order chi connectivity index (χ1) is 11.8. The molecule has 0 saturated heterocycles. The maximum absolute atomic E-state index is 12.9. The molecule has 7 heteroatoms. The van der Waals surface area contributed by atoms with Crippen molar-refractivity contribution < 1.29 is 23.1 Å². The van der Waals surface area contributed by atoms with Crippen LogP contribution in [-0.2, 0) is 17.4 Å². The number of alkyl halides is 3.